The normalized spacial score (nSPS) is 25.4. The highest BCUT2D eigenvalue weighted by Gasteiger charge is 2.19. The lowest BCUT2D eigenvalue weighted by molar-refractivity contribution is 0.0180. The van der Waals surface area contributed by atoms with Gasteiger partial charge in [0.05, 0.1) is 19.3 Å². The van der Waals surface area contributed by atoms with Crippen LogP contribution in [0.25, 0.3) is 0 Å². The van der Waals surface area contributed by atoms with Gasteiger partial charge in [-0.15, -0.1) is 0 Å². The SMILES string of the molecule is CC(C)C(CS)COC1CCOC1. The van der Waals surface area contributed by atoms with Crippen LogP contribution >= 0.6 is 12.6 Å². The Morgan fingerprint density at radius 1 is 1.54 bits per heavy atom. The zero-order chi connectivity index (χ0) is 9.68. The first-order chi connectivity index (χ1) is 6.24. The van der Waals surface area contributed by atoms with Crippen LogP contribution in [0.1, 0.15) is 20.3 Å². The predicted octanol–water partition coefficient (Wildman–Crippen LogP) is 1.99. The van der Waals surface area contributed by atoms with Crippen molar-refractivity contribution in [2.75, 3.05) is 25.6 Å². The Labute approximate surface area is 86.4 Å². The summed E-state index contributed by atoms with van der Waals surface area (Å²) in [7, 11) is 0. The molecule has 1 fully saturated rings. The molecule has 0 bridgehead atoms. The Bertz CT molecular complexity index is 133. The molecule has 2 unspecified atom stereocenters. The van der Waals surface area contributed by atoms with Gasteiger partial charge in [0.1, 0.15) is 0 Å². The van der Waals surface area contributed by atoms with Crippen LogP contribution in [0.3, 0.4) is 0 Å². The van der Waals surface area contributed by atoms with Crippen LogP contribution in [-0.4, -0.2) is 31.7 Å². The standard InChI is InChI=1S/C10H20O2S/c1-8(2)9(7-13)5-12-10-3-4-11-6-10/h8-10,13H,3-7H2,1-2H3. The van der Waals surface area contributed by atoms with E-state index >= 15 is 0 Å². The van der Waals surface area contributed by atoms with Gasteiger partial charge >= 0.3 is 0 Å². The molecule has 1 rings (SSSR count). The van der Waals surface area contributed by atoms with Crippen LogP contribution in [0.4, 0.5) is 0 Å². The number of thiol groups is 1. The summed E-state index contributed by atoms with van der Waals surface area (Å²) in [5.41, 5.74) is 0. The van der Waals surface area contributed by atoms with Gasteiger partial charge in [-0.3, -0.25) is 0 Å². The van der Waals surface area contributed by atoms with Gasteiger partial charge in [-0.05, 0) is 24.0 Å². The number of ether oxygens (including phenoxy) is 2. The van der Waals surface area contributed by atoms with Crippen molar-refractivity contribution in [3.05, 3.63) is 0 Å². The van der Waals surface area contributed by atoms with E-state index in [9.17, 15) is 0 Å². The molecule has 0 aromatic heterocycles. The summed E-state index contributed by atoms with van der Waals surface area (Å²) in [6.07, 6.45) is 1.39. The Morgan fingerprint density at radius 2 is 2.31 bits per heavy atom. The fraction of sp³-hybridized carbons (Fsp3) is 1.00. The van der Waals surface area contributed by atoms with E-state index in [1.54, 1.807) is 0 Å². The van der Waals surface area contributed by atoms with E-state index in [4.69, 9.17) is 9.47 Å². The van der Waals surface area contributed by atoms with Gasteiger partial charge in [0.25, 0.3) is 0 Å². The van der Waals surface area contributed by atoms with E-state index in [0.717, 1.165) is 32.0 Å². The minimum atomic E-state index is 0.334. The van der Waals surface area contributed by atoms with Crippen molar-refractivity contribution >= 4 is 12.6 Å². The molecule has 0 aromatic carbocycles. The average molecular weight is 204 g/mol. The fourth-order valence-corrected chi connectivity index (χ4v) is 1.89. The molecule has 13 heavy (non-hydrogen) atoms. The third-order valence-electron chi connectivity index (χ3n) is 2.61. The van der Waals surface area contributed by atoms with E-state index in [0.29, 0.717) is 17.9 Å². The van der Waals surface area contributed by atoms with Gasteiger partial charge < -0.3 is 9.47 Å². The summed E-state index contributed by atoms with van der Waals surface area (Å²) in [6.45, 7) is 6.90. The number of hydrogen-bond donors (Lipinski definition) is 1. The average Bonchev–Trinajstić information content (AvgIpc) is 2.57. The molecule has 1 aliphatic heterocycles. The largest absolute Gasteiger partial charge is 0.379 e. The molecule has 78 valence electrons. The summed E-state index contributed by atoms with van der Waals surface area (Å²) in [4.78, 5) is 0. The summed E-state index contributed by atoms with van der Waals surface area (Å²) < 4.78 is 11.0. The Kier molecular flexibility index (Phi) is 5.14. The maximum absolute atomic E-state index is 5.74. The fourth-order valence-electron chi connectivity index (χ4n) is 1.36. The molecule has 0 spiro atoms. The zero-order valence-corrected chi connectivity index (χ0v) is 9.43. The molecule has 3 heteroatoms. The molecule has 1 aliphatic rings. The van der Waals surface area contributed by atoms with Crippen molar-refractivity contribution < 1.29 is 9.47 Å². The summed E-state index contributed by atoms with van der Waals surface area (Å²) >= 11 is 4.32. The molecule has 2 atom stereocenters. The zero-order valence-electron chi connectivity index (χ0n) is 8.53. The Morgan fingerprint density at radius 3 is 2.77 bits per heavy atom. The van der Waals surface area contributed by atoms with Crippen LogP contribution in [0.2, 0.25) is 0 Å². The van der Waals surface area contributed by atoms with Crippen molar-refractivity contribution in [2.24, 2.45) is 11.8 Å². The molecule has 0 saturated carbocycles. The maximum Gasteiger partial charge on any atom is 0.0830 e. The highest BCUT2D eigenvalue weighted by Crippen LogP contribution is 2.16. The third kappa shape index (κ3) is 3.88. The lowest BCUT2D eigenvalue weighted by Gasteiger charge is -2.20. The first-order valence-electron chi connectivity index (χ1n) is 5.04. The van der Waals surface area contributed by atoms with Crippen molar-refractivity contribution in [1.29, 1.82) is 0 Å². The minimum Gasteiger partial charge on any atom is -0.379 e. The van der Waals surface area contributed by atoms with Crippen LogP contribution in [0.15, 0.2) is 0 Å². The molecule has 0 N–H and O–H groups in total. The summed E-state index contributed by atoms with van der Waals surface area (Å²) in [6, 6.07) is 0. The van der Waals surface area contributed by atoms with Crippen LogP contribution in [0, 0.1) is 11.8 Å². The monoisotopic (exact) mass is 204 g/mol. The Balaban J connectivity index is 2.15. The third-order valence-corrected chi connectivity index (χ3v) is 3.08. The van der Waals surface area contributed by atoms with Crippen molar-refractivity contribution in [3.8, 4) is 0 Å². The first kappa shape index (κ1) is 11.3. The maximum atomic E-state index is 5.74. The van der Waals surface area contributed by atoms with Gasteiger partial charge in [-0.1, -0.05) is 13.8 Å². The number of hydrogen-bond acceptors (Lipinski definition) is 3. The molecule has 0 aliphatic carbocycles. The van der Waals surface area contributed by atoms with Crippen LogP contribution < -0.4 is 0 Å². The van der Waals surface area contributed by atoms with Gasteiger partial charge in [-0.2, -0.15) is 12.6 Å². The molecule has 1 heterocycles. The molecule has 1 saturated heterocycles. The Hall–Kier alpha value is 0.270. The lowest BCUT2D eigenvalue weighted by atomic mass is 9.99. The second-order valence-electron chi connectivity index (χ2n) is 4.01. The topological polar surface area (TPSA) is 18.5 Å². The first-order valence-corrected chi connectivity index (χ1v) is 5.67. The predicted molar refractivity (Wildman–Crippen MR) is 57.4 cm³/mol. The van der Waals surface area contributed by atoms with Crippen molar-refractivity contribution in [1.82, 2.24) is 0 Å². The molecule has 0 aromatic rings. The second-order valence-corrected chi connectivity index (χ2v) is 4.37. The lowest BCUT2D eigenvalue weighted by Crippen LogP contribution is -2.22. The highest BCUT2D eigenvalue weighted by atomic mass is 32.1. The molecule has 0 amide bonds. The van der Waals surface area contributed by atoms with Gasteiger partial charge in [-0.25, -0.2) is 0 Å². The van der Waals surface area contributed by atoms with E-state index < -0.39 is 0 Å². The number of rotatable bonds is 5. The molecule has 0 radical (unpaired) electrons. The van der Waals surface area contributed by atoms with E-state index in [-0.39, 0.29) is 0 Å². The minimum absolute atomic E-state index is 0.334. The van der Waals surface area contributed by atoms with Crippen molar-refractivity contribution in [3.63, 3.8) is 0 Å². The molecular formula is C10H20O2S. The highest BCUT2D eigenvalue weighted by molar-refractivity contribution is 7.80. The van der Waals surface area contributed by atoms with Gasteiger partial charge in [0.15, 0.2) is 0 Å². The van der Waals surface area contributed by atoms with Crippen LogP contribution in [-0.2, 0) is 9.47 Å². The van der Waals surface area contributed by atoms with Gasteiger partial charge in [0.2, 0.25) is 0 Å². The van der Waals surface area contributed by atoms with Crippen LogP contribution in [0.5, 0.6) is 0 Å². The van der Waals surface area contributed by atoms with Crippen molar-refractivity contribution in [2.45, 2.75) is 26.4 Å². The van der Waals surface area contributed by atoms with E-state index in [2.05, 4.69) is 26.5 Å². The molecular weight excluding hydrogens is 184 g/mol. The summed E-state index contributed by atoms with van der Waals surface area (Å²) in [5, 5.41) is 0. The van der Waals surface area contributed by atoms with Gasteiger partial charge in [0, 0.05) is 6.61 Å². The van der Waals surface area contributed by atoms with E-state index in [1.165, 1.54) is 0 Å². The second kappa shape index (κ2) is 5.89. The quantitative estimate of drug-likeness (QED) is 0.690. The summed E-state index contributed by atoms with van der Waals surface area (Å²) in [5.74, 6) is 2.13. The van der Waals surface area contributed by atoms with E-state index in [1.807, 2.05) is 0 Å². The molecule has 2 nitrogen and oxygen atoms in total. The smallest absolute Gasteiger partial charge is 0.0830 e.